The van der Waals surface area contributed by atoms with Gasteiger partial charge in [-0.15, -0.1) is 0 Å². The molecular weight excluding hydrogens is 234 g/mol. The van der Waals surface area contributed by atoms with Crippen molar-refractivity contribution in [2.75, 3.05) is 0 Å². The molecule has 0 radical (unpaired) electrons. The molecule has 0 bridgehead atoms. The molecular formula is C13H13NO4. The Hall–Kier alpha value is -2.04. The second kappa shape index (κ2) is 3.48. The highest BCUT2D eigenvalue weighted by Crippen LogP contribution is 2.44. The third-order valence-corrected chi connectivity index (χ3v) is 3.76. The van der Waals surface area contributed by atoms with Gasteiger partial charge in [0.15, 0.2) is 5.58 Å². The fourth-order valence-corrected chi connectivity index (χ4v) is 2.50. The number of para-hydroxylation sites is 2. The Morgan fingerprint density at radius 3 is 2.72 bits per heavy atom. The van der Waals surface area contributed by atoms with Gasteiger partial charge in [-0.2, -0.15) is 0 Å². The zero-order valence-electron chi connectivity index (χ0n) is 9.92. The average Bonchev–Trinajstić information content (AvgIpc) is 3.11. The lowest BCUT2D eigenvalue weighted by Gasteiger charge is -2.25. The van der Waals surface area contributed by atoms with Crippen molar-refractivity contribution in [3.63, 3.8) is 0 Å². The maximum atomic E-state index is 12.0. The van der Waals surface area contributed by atoms with Gasteiger partial charge in [-0.3, -0.25) is 4.57 Å². The van der Waals surface area contributed by atoms with Gasteiger partial charge < -0.3 is 9.52 Å². The average molecular weight is 247 g/mol. The Bertz CT molecular complexity index is 680. The highest BCUT2D eigenvalue weighted by atomic mass is 16.4. The number of aliphatic carboxylic acids is 1. The first-order chi connectivity index (χ1) is 8.55. The molecule has 0 amide bonds. The highest BCUT2D eigenvalue weighted by Gasteiger charge is 2.51. The summed E-state index contributed by atoms with van der Waals surface area (Å²) in [6.07, 6.45) is 1.66. The van der Waals surface area contributed by atoms with E-state index in [2.05, 4.69) is 0 Å². The Morgan fingerprint density at radius 1 is 1.44 bits per heavy atom. The molecule has 3 rings (SSSR count). The number of oxazole rings is 1. The van der Waals surface area contributed by atoms with Crippen molar-refractivity contribution in [2.24, 2.45) is 5.92 Å². The summed E-state index contributed by atoms with van der Waals surface area (Å²) in [4.78, 5) is 23.6. The van der Waals surface area contributed by atoms with Gasteiger partial charge in [-0.25, -0.2) is 9.59 Å². The summed E-state index contributed by atoms with van der Waals surface area (Å²) in [5, 5.41) is 9.50. The van der Waals surface area contributed by atoms with E-state index in [0.29, 0.717) is 11.1 Å². The normalized spacial score (nSPS) is 18.7. The molecule has 1 heterocycles. The summed E-state index contributed by atoms with van der Waals surface area (Å²) in [7, 11) is 0. The minimum Gasteiger partial charge on any atom is -0.479 e. The van der Waals surface area contributed by atoms with Gasteiger partial charge in [0.1, 0.15) is 5.54 Å². The molecule has 0 spiro atoms. The molecule has 1 saturated carbocycles. The van der Waals surface area contributed by atoms with Gasteiger partial charge in [0.25, 0.3) is 0 Å². The van der Waals surface area contributed by atoms with Crippen LogP contribution in [0.3, 0.4) is 0 Å². The number of carbonyl (C=O) groups is 1. The molecule has 5 nitrogen and oxygen atoms in total. The molecule has 1 aromatic carbocycles. The summed E-state index contributed by atoms with van der Waals surface area (Å²) in [6, 6.07) is 6.90. The molecule has 1 aliphatic carbocycles. The van der Waals surface area contributed by atoms with Crippen molar-refractivity contribution in [1.82, 2.24) is 4.57 Å². The third kappa shape index (κ3) is 1.33. The second-order valence-corrected chi connectivity index (χ2v) is 4.90. The van der Waals surface area contributed by atoms with Crippen LogP contribution in [0.1, 0.15) is 19.8 Å². The lowest BCUT2D eigenvalue weighted by atomic mass is 9.95. The predicted octanol–water partition coefficient (Wildman–Crippen LogP) is 1.80. The highest BCUT2D eigenvalue weighted by molar-refractivity contribution is 5.81. The molecule has 1 aliphatic rings. The number of aromatic nitrogens is 1. The van der Waals surface area contributed by atoms with E-state index < -0.39 is 17.3 Å². The van der Waals surface area contributed by atoms with Crippen LogP contribution in [0.2, 0.25) is 0 Å². The van der Waals surface area contributed by atoms with Crippen molar-refractivity contribution in [3.8, 4) is 0 Å². The number of rotatable bonds is 3. The lowest BCUT2D eigenvalue weighted by molar-refractivity contribution is -0.148. The van der Waals surface area contributed by atoms with Crippen molar-refractivity contribution < 1.29 is 14.3 Å². The van der Waals surface area contributed by atoms with Gasteiger partial charge in [0, 0.05) is 0 Å². The smallest absolute Gasteiger partial charge is 0.420 e. The summed E-state index contributed by atoms with van der Waals surface area (Å²) in [6.45, 7) is 1.59. The molecule has 5 heteroatoms. The van der Waals surface area contributed by atoms with Crippen LogP contribution in [0.4, 0.5) is 0 Å². The SMILES string of the molecule is CC(C(=O)O)(C1CC1)n1c(=O)oc2ccccc21. The van der Waals surface area contributed by atoms with E-state index in [1.165, 1.54) is 4.57 Å². The van der Waals surface area contributed by atoms with Crippen LogP contribution >= 0.6 is 0 Å². The summed E-state index contributed by atoms with van der Waals surface area (Å²) in [5.41, 5.74) is -0.251. The summed E-state index contributed by atoms with van der Waals surface area (Å²) < 4.78 is 6.40. The molecule has 1 atom stereocenters. The first-order valence-corrected chi connectivity index (χ1v) is 5.89. The molecule has 1 fully saturated rings. The number of fused-ring (bicyclic) bond motifs is 1. The Labute approximate surface area is 103 Å². The molecule has 2 aromatic rings. The minimum atomic E-state index is -1.22. The van der Waals surface area contributed by atoms with Gasteiger partial charge >= 0.3 is 11.7 Å². The molecule has 1 aromatic heterocycles. The molecule has 0 aliphatic heterocycles. The van der Waals surface area contributed by atoms with Gasteiger partial charge in [-0.1, -0.05) is 12.1 Å². The van der Waals surface area contributed by atoms with Crippen molar-refractivity contribution >= 4 is 17.1 Å². The van der Waals surface area contributed by atoms with Crippen LogP contribution in [0.25, 0.3) is 11.1 Å². The first kappa shape index (κ1) is 11.1. The van der Waals surface area contributed by atoms with Crippen molar-refractivity contribution in [1.29, 1.82) is 0 Å². The molecule has 1 N–H and O–H groups in total. The summed E-state index contributed by atoms with van der Waals surface area (Å²) >= 11 is 0. The Morgan fingerprint density at radius 2 is 2.11 bits per heavy atom. The molecule has 94 valence electrons. The van der Waals surface area contributed by atoms with Gasteiger partial charge in [-0.05, 0) is 37.8 Å². The van der Waals surface area contributed by atoms with Gasteiger partial charge in [0.05, 0.1) is 5.52 Å². The standard InChI is InChI=1S/C13H13NO4/c1-13(11(15)16,8-6-7-8)14-9-4-2-3-5-10(9)18-12(14)17/h2-5,8H,6-7H2,1H3,(H,15,16). The van der Waals surface area contributed by atoms with E-state index >= 15 is 0 Å². The van der Waals surface area contributed by atoms with Crippen LogP contribution in [-0.4, -0.2) is 15.6 Å². The lowest BCUT2D eigenvalue weighted by Crippen LogP contribution is -2.45. The Kier molecular flexibility index (Phi) is 2.14. The monoisotopic (exact) mass is 247 g/mol. The number of carboxylic acid groups (broad SMARTS) is 1. The minimum absolute atomic E-state index is 0.00583. The zero-order valence-corrected chi connectivity index (χ0v) is 9.92. The topological polar surface area (TPSA) is 72.4 Å². The van der Waals surface area contributed by atoms with E-state index in [0.717, 1.165) is 12.8 Å². The fraction of sp³-hybridized carbons (Fsp3) is 0.385. The van der Waals surface area contributed by atoms with Crippen molar-refractivity contribution in [3.05, 3.63) is 34.8 Å². The maximum absolute atomic E-state index is 12.0. The maximum Gasteiger partial charge on any atom is 0.420 e. The number of nitrogens with zero attached hydrogens (tertiary/aromatic N) is 1. The second-order valence-electron chi connectivity index (χ2n) is 4.90. The fourth-order valence-electron chi connectivity index (χ4n) is 2.50. The summed E-state index contributed by atoms with van der Waals surface area (Å²) in [5.74, 6) is -1.60. The van der Waals surface area contributed by atoms with E-state index in [-0.39, 0.29) is 5.92 Å². The van der Waals surface area contributed by atoms with E-state index in [1.54, 1.807) is 31.2 Å². The van der Waals surface area contributed by atoms with E-state index in [9.17, 15) is 14.7 Å². The van der Waals surface area contributed by atoms with Crippen LogP contribution in [0.15, 0.2) is 33.5 Å². The van der Waals surface area contributed by atoms with Gasteiger partial charge in [0.2, 0.25) is 0 Å². The molecule has 18 heavy (non-hydrogen) atoms. The van der Waals surface area contributed by atoms with Crippen molar-refractivity contribution in [2.45, 2.75) is 25.3 Å². The third-order valence-electron chi connectivity index (χ3n) is 3.76. The van der Waals surface area contributed by atoms with Crippen LogP contribution in [0.5, 0.6) is 0 Å². The number of hydrogen-bond donors (Lipinski definition) is 1. The zero-order chi connectivity index (χ0) is 12.9. The molecule has 1 unspecified atom stereocenters. The van der Waals surface area contributed by atoms with Crippen LogP contribution in [-0.2, 0) is 10.3 Å². The van der Waals surface area contributed by atoms with Crippen LogP contribution in [0, 0.1) is 5.92 Å². The Balaban J connectivity index is 2.33. The van der Waals surface area contributed by atoms with Crippen LogP contribution < -0.4 is 5.76 Å². The number of benzene rings is 1. The first-order valence-electron chi connectivity index (χ1n) is 5.89. The van der Waals surface area contributed by atoms with E-state index in [1.807, 2.05) is 0 Å². The number of carboxylic acids is 1. The molecule has 0 saturated heterocycles. The largest absolute Gasteiger partial charge is 0.479 e. The van der Waals surface area contributed by atoms with E-state index in [4.69, 9.17) is 4.42 Å². The quantitative estimate of drug-likeness (QED) is 0.897. The number of hydrogen-bond acceptors (Lipinski definition) is 3. The predicted molar refractivity (Wildman–Crippen MR) is 64.5 cm³/mol.